The molecule has 1 saturated carbocycles. The van der Waals surface area contributed by atoms with Crippen molar-refractivity contribution in [2.75, 3.05) is 18.5 Å². The van der Waals surface area contributed by atoms with Gasteiger partial charge in [0, 0.05) is 24.5 Å². The normalized spacial score (nSPS) is 16.6. The zero-order valence-electron chi connectivity index (χ0n) is 14.1. The Bertz CT molecular complexity index is 422. The van der Waals surface area contributed by atoms with E-state index >= 15 is 0 Å². The van der Waals surface area contributed by atoms with Crippen molar-refractivity contribution in [2.45, 2.75) is 77.8 Å². The van der Waals surface area contributed by atoms with E-state index < -0.39 is 0 Å². The Kier molecular flexibility index (Phi) is 6.49. The summed E-state index contributed by atoms with van der Waals surface area (Å²) in [4.78, 5) is 8.84. The molecule has 120 valence electrons. The van der Waals surface area contributed by atoms with Gasteiger partial charge in [0.15, 0.2) is 5.13 Å². The van der Waals surface area contributed by atoms with Gasteiger partial charge < -0.3 is 10.2 Å². The van der Waals surface area contributed by atoms with Crippen molar-refractivity contribution in [2.24, 2.45) is 0 Å². The fourth-order valence-electron chi connectivity index (χ4n) is 3.08. The first kappa shape index (κ1) is 16.8. The average Bonchev–Trinajstić information content (AvgIpc) is 2.92. The quantitative estimate of drug-likeness (QED) is 0.750. The first-order valence-electron chi connectivity index (χ1n) is 8.56. The molecule has 21 heavy (non-hydrogen) atoms. The molecule has 0 spiro atoms. The molecule has 1 aromatic heterocycles. The zero-order valence-corrected chi connectivity index (χ0v) is 14.9. The SMILES string of the molecule is CCCNCc1sc(N(C)C2CCCCC2)nc1C(C)C. The summed E-state index contributed by atoms with van der Waals surface area (Å²) >= 11 is 1.89. The molecular formula is C17H31N3S. The molecule has 0 unspecified atom stereocenters. The molecule has 2 rings (SSSR count). The van der Waals surface area contributed by atoms with Crippen molar-refractivity contribution in [1.29, 1.82) is 0 Å². The van der Waals surface area contributed by atoms with Gasteiger partial charge >= 0.3 is 0 Å². The maximum absolute atomic E-state index is 4.97. The van der Waals surface area contributed by atoms with Gasteiger partial charge in [-0.15, -0.1) is 11.3 Å². The van der Waals surface area contributed by atoms with Crippen LogP contribution in [0.2, 0.25) is 0 Å². The van der Waals surface area contributed by atoms with Crippen LogP contribution in [0.3, 0.4) is 0 Å². The third kappa shape index (κ3) is 4.43. The van der Waals surface area contributed by atoms with E-state index in [-0.39, 0.29) is 0 Å². The second-order valence-corrected chi connectivity index (χ2v) is 7.60. The predicted octanol–water partition coefficient (Wildman–Crippen LogP) is 4.54. The summed E-state index contributed by atoms with van der Waals surface area (Å²) in [5.41, 5.74) is 1.29. The Hall–Kier alpha value is -0.610. The predicted molar refractivity (Wildman–Crippen MR) is 93.5 cm³/mol. The van der Waals surface area contributed by atoms with Crippen LogP contribution in [0.15, 0.2) is 0 Å². The van der Waals surface area contributed by atoms with Crippen LogP contribution in [-0.4, -0.2) is 24.6 Å². The molecule has 0 saturated heterocycles. The molecule has 3 nitrogen and oxygen atoms in total. The van der Waals surface area contributed by atoms with Crippen LogP contribution < -0.4 is 10.2 Å². The fourth-order valence-corrected chi connectivity index (χ4v) is 4.30. The molecule has 0 atom stereocenters. The average molecular weight is 310 g/mol. The van der Waals surface area contributed by atoms with Crippen LogP contribution in [0.4, 0.5) is 5.13 Å². The number of hydrogen-bond donors (Lipinski definition) is 1. The molecule has 1 N–H and O–H groups in total. The van der Waals surface area contributed by atoms with Crippen LogP contribution in [-0.2, 0) is 6.54 Å². The first-order valence-corrected chi connectivity index (χ1v) is 9.38. The number of nitrogens with zero attached hydrogens (tertiary/aromatic N) is 2. The van der Waals surface area contributed by atoms with E-state index in [0.717, 1.165) is 13.1 Å². The monoisotopic (exact) mass is 309 g/mol. The molecule has 0 radical (unpaired) electrons. The summed E-state index contributed by atoms with van der Waals surface area (Å²) in [7, 11) is 2.24. The largest absolute Gasteiger partial charge is 0.348 e. The van der Waals surface area contributed by atoms with Crippen molar-refractivity contribution >= 4 is 16.5 Å². The lowest BCUT2D eigenvalue weighted by atomic mass is 9.95. The summed E-state index contributed by atoms with van der Waals surface area (Å²) in [5.74, 6) is 0.508. The van der Waals surface area contributed by atoms with Gasteiger partial charge in [0.25, 0.3) is 0 Å². The van der Waals surface area contributed by atoms with Crippen molar-refractivity contribution in [1.82, 2.24) is 10.3 Å². The highest BCUT2D eigenvalue weighted by Gasteiger charge is 2.22. The van der Waals surface area contributed by atoms with E-state index in [2.05, 4.69) is 38.0 Å². The highest BCUT2D eigenvalue weighted by molar-refractivity contribution is 7.15. The molecule has 1 aliphatic carbocycles. The molecule has 1 heterocycles. The van der Waals surface area contributed by atoms with Gasteiger partial charge in [-0.3, -0.25) is 0 Å². The first-order chi connectivity index (χ1) is 10.1. The molecule has 1 aromatic rings. The van der Waals surface area contributed by atoms with E-state index in [4.69, 9.17) is 4.98 Å². The number of aromatic nitrogens is 1. The van der Waals surface area contributed by atoms with E-state index in [0.29, 0.717) is 12.0 Å². The number of rotatable bonds is 7. The van der Waals surface area contributed by atoms with Gasteiger partial charge in [-0.25, -0.2) is 4.98 Å². The Labute approximate surface area is 134 Å². The number of nitrogens with one attached hydrogen (secondary N) is 1. The van der Waals surface area contributed by atoms with Gasteiger partial charge in [0.05, 0.1) is 5.69 Å². The summed E-state index contributed by atoms with van der Waals surface area (Å²) < 4.78 is 0. The molecule has 0 aliphatic heterocycles. The number of hydrogen-bond acceptors (Lipinski definition) is 4. The Morgan fingerprint density at radius 2 is 2.00 bits per heavy atom. The zero-order chi connectivity index (χ0) is 15.2. The smallest absolute Gasteiger partial charge is 0.185 e. The maximum Gasteiger partial charge on any atom is 0.185 e. The van der Waals surface area contributed by atoms with Crippen molar-refractivity contribution < 1.29 is 0 Å². The summed E-state index contributed by atoms with van der Waals surface area (Å²) in [5, 5.41) is 4.75. The van der Waals surface area contributed by atoms with Crippen LogP contribution in [0.25, 0.3) is 0 Å². The Balaban J connectivity index is 2.09. The van der Waals surface area contributed by atoms with E-state index in [1.165, 1.54) is 54.2 Å². The lowest BCUT2D eigenvalue weighted by Crippen LogP contribution is -2.33. The second-order valence-electron chi connectivity index (χ2n) is 6.54. The minimum atomic E-state index is 0.508. The minimum absolute atomic E-state index is 0.508. The van der Waals surface area contributed by atoms with Gasteiger partial charge in [-0.1, -0.05) is 40.0 Å². The van der Waals surface area contributed by atoms with Gasteiger partial charge in [-0.2, -0.15) is 0 Å². The van der Waals surface area contributed by atoms with Gasteiger partial charge in [0.2, 0.25) is 0 Å². The third-order valence-corrected chi connectivity index (χ3v) is 5.56. The van der Waals surface area contributed by atoms with Crippen LogP contribution >= 0.6 is 11.3 Å². The van der Waals surface area contributed by atoms with Crippen LogP contribution in [0, 0.1) is 0 Å². The highest BCUT2D eigenvalue weighted by atomic mass is 32.1. The second kappa shape index (κ2) is 8.14. The summed E-state index contributed by atoms with van der Waals surface area (Å²) in [6.07, 6.45) is 8.01. The van der Waals surface area contributed by atoms with Crippen molar-refractivity contribution in [3.05, 3.63) is 10.6 Å². The third-order valence-electron chi connectivity index (χ3n) is 4.40. The summed E-state index contributed by atoms with van der Waals surface area (Å²) in [6, 6.07) is 0.696. The van der Waals surface area contributed by atoms with Crippen LogP contribution in [0.5, 0.6) is 0 Å². The summed E-state index contributed by atoms with van der Waals surface area (Å²) in [6.45, 7) is 8.78. The van der Waals surface area contributed by atoms with E-state index in [1.54, 1.807) is 0 Å². The molecule has 4 heteroatoms. The standard InChI is InChI=1S/C17H31N3S/c1-5-11-18-12-15-16(13(2)3)19-17(21-15)20(4)14-9-7-6-8-10-14/h13-14,18H,5-12H2,1-4H3. The lowest BCUT2D eigenvalue weighted by Gasteiger charge is -2.30. The molecule has 1 fully saturated rings. The molecular weight excluding hydrogens is 278 g/mol. The molecule has 0 aromatic carbocycles. The van der Waals surface area contributed by atoms with E-state index in [1.807, 2.05) is 11.3 Å². The number of anilines is 1. The Morgan fingerprint density at radius 3 is 2.62 bits per heavy atom. The molecule has 0 amide bonds. The minimum Gasteiger partial charge on any atom is -0.348 e. The molecule has 1 aliphatic rings. The fraction of sp³-hybridized carbons (Fsp3) is 0.824. The van der Waals surface area contributed by atoms with Crippen molar-refractivity contribution in [3.8, 4) is 0 Å². The lowest BCUT2D eigenvalue weighted by molar-refractivity contribution is 0.427. The van der Waals surface area contributed by atoms with Crippen LogP contribution in [0.1, 0.15) is 75.8 Å². The molecule has 0 bridgehead atoms. The van der Waals surface area contributed by atoms with Gasteiger partial charge in [-0.05, 0) is 31.7 Å². The van der Waals surface area contributed by atoms with Gasteiger partial charge in [0.1, 0.15) is 0 Å². The van der Waals surface area contributed by atoms with E-state index in [9.17, 15) is 0 Å². The number of thiazole rings is 1. The Morgan fingerprint density at radius 1 is 1.29 bits per heavy atom. The maximum atomic E-state index is 4.97. The van der Waals surface area contributed by atoms with Crippen molar-refractivity contribution in [3.63, 3.8) is 0 Å². The topological polar surface area (TPSA) is 28.2 Å². The highest BCUT2D eigenvalue weighted by Crippen LogP contribution is 2.33.